The molecule has 0 fully saturated rings. The minimum atomic E-state index is -0.128. The number of thioether (sulfide) groups is 1. The fraction of sp³-hybridized carbons (Fsp3) is 0.0909. The molecule has 0 aliphatic carbocycles. The lowest BCUT2D eigenvalue weighted by Gasteiger charge is -2.11. The lowest BCUT2D eigenvalue weighted by atomic mass is 10.2. The van der Waals surface area contributed by atoms with Crippen LogP contribution in [0.25, 0.3) is 22.4 Å². The summed E-state index contributed by atoms with van der Waals surface area (Å²) >= 11 is 7.28. The first kappa shape index (κ1) is 19.6. The smallest absolute Gasteiger partial charge is 0.262 e. The average molecular weight is 451 g/mol. The van der Waals surface area contributed by atoms with Gasteiger partial charge in [-0.2, -0.15) is 0 Å². The minimum absolute atomic E-state index is 0.128. The van der Waals surface area contributed by atoms with Crippen molar-refractivity contribution in [1.29, 1.82) is 0 Å². The Hall–Kier alpha value is -3.36. The summed E-state index contributed by atoms with van der Waals surface area (Å²) in [6, 6.07) is 18.1. The third-order valence-corrected chi connectivity index (χ3v) is 5.82. The van der Waals surface area contributed by atoms with Crippen LogP contribution in [0.2, 0.25) is 5.02 Å². The Morgan fingerprint density at radius 3 is 2.65 bits per heavy atom. The number of benzene rings is 2. The van der Waals surface area contributed by atoms with Crippen molar-refractivity contribution in [3.05, 3.63) is 94.0 Å². The molecule has 9 heteroatoms. The Labute approximate surface area is 185 Å². The van der Waals surface area contributed by atoms with Gasteiger partial charge >= 0.3 is 0 Å². The second-order valence-electron chi connectivity index (χ2n) is 6.68. The molecule has 3 aromatic heterocycles. The molecule has 7 nitrogen and oxygen atoms in total. The predicted molar refractivity (Wildman–Crippen MR) is 118 cm³/mol. The van der Waals surface area contributed by atoms with Crippen LogP contribution in [-0.2, 0) is 12.3 Å². The molecule has 154 valence electrons. The standard InChI is InChI=1S/C22H15ClN4O3S/c23-15-9-7-14(8-10-15)20-26-25-19(30-20)13-31-22-24-18-6-2-1-5-17(18)21(28)27(22)12-16-4-3-11-29-16/h1-11H,12-13H2. The fourth-order valence-corrected chi connectivity index (χ4v) is 4.06. The molecule has 0 radical (unpaired) electrons. The summed E-state index contributed by atoms with van der Waals surface area (Å²) in [4.78, 5) is 17.8. The van der Waals surface area contributed by atoms with E-state index < -0.39 is 0 Å². The van der Waals surface area contributed by atoms with Gasteiger partial charge in [0, 0.05) is 10.6 Å². The highest BCUT2D eigenvalue weighted by molar-refractivity contribution is 7.98. The SMILES string of the molecule is O=c1c2ccccc2nc(SCc2nnc(-c3ccc(Cl)cc3)o2)n1Cc1ccco1. The number of rotatable bonds is 6. The van der Waals surface area contributed by atoms with Crippen LogP contribution in [0.3, 0.4) is 0 Å². The monoisotopic (exact) mass is 450 g/mol. The Bertz CT molecular complexity index is 1390. The van der Waals surface area contributed by atoms with Crippen molar-refractivity contribution in [3.63, 3.8) is 0 Å². The Balaban J connectivity index is 1.44. The summed E-state index contributed by atoms with van der Waals surface area (Å²) in [5.41, 5.74) is 1.29. The van der Waals surface area contributed by atoms with Gasteiger partial charge in [-0.1, -0.05) is 35.5 Å². The van der Waals surface area contributed by atoms with E-state index in [0.717, 1.165) is 5.56 Å². The number of halogens is 1. The first-order chi connectivity index (χ1) is 15.2. The van der Waals surface area contributed by atoms with Gasteiger partial charge in [0.25, 0.3) is 5.56 Å². The zero-order valence-corrected chi connectivity index (χ0v) is 17.6. The molecule has 0 spiro atoms. The molecular formula is C22H15ClN4O3S. The van der Waals surface area contributed by atoms with Crippen LogP contribution >= 0.6 is 23.4 Å². The Morgan fingerprint density at radius 1 is 1.00 bits per heavy atom. The maximum absolute atomic E-state index is 13.1. The van der Waals surface area contributed by atoms with E-state index in [0.29, 0.717) is 44.4 Å². The summed E-state index contributed by atoms with van der Waals surface area (Å²) in [7, 11) is 0. The number of aromatic nitrogens is 4. The lowest BCUT2D eigenvalue weighted by Crippen LogP contribution is -2.23. The van der Waals surface area contributed by atoms with E-state index >= 15 is 0 Å². The molecule has 0 bridgehead atoms. The first-order valence-electron chi connectivity index (χ1n) is 9.40. The van der Waals surface area contributed by atoms with Gasteiger partial charge in [-0.15, -0.1) is 10.2 Å². The van der Waals surface area contributed by atoms with E-state index in [1.807, 2.05) is 36.4 Å². The number of hydrogen-bond donors (Lipinski definition) is 0. The molecule has 0 saturated carbocycles. The van der Waals surface area contributed by atoms with Crippen molar-refractivity contribution >= 4 is 34.3 Å². The molecular weight excluding hydrogens is 436 g/mol. The molecule has 0 N–H and O–H groups in total. The Morgan fingerprint density at radius 2 is 1.84 bits per heavy atom. The van der Waals surface area contributed by atoms with Gasteiger partial charge in [-0.3, -0.25) is 9.36 Å². The predicted octanol–water partition coefficient (Wildman–Crippen LogP) is 5.03. The molecule has 3 heterocycles. The van der Waals surface area contributed by atoms with Crippen molar-refractivity contribution in [1.82, 2.24) is 19.7 Å². The van der Waals surface area contributed by atoms with E-state index in [2.05, 4.69) is 15.2 Å². The van der Waals surface area contributed by atoms with Gasteiger partial charge in [0.2, 0.25) is 11.8 Å². The highest BCUT2D eigenvalue weighted by atomic mass is 35.5. The summed E-state index contributed by atoms with van der Waals surface area (Å²) in [6.07, 6.45) is 1.58. The highest BCUT2D eigenvalue weighted by Crippen LogP contribution is 2.25. The summed E-state index contributed by atoms with van der Waals surface area (Å²) in [5, 5.41) is 9.96. The van der Waals surface area contributed by atoms with Gasteiger partial charge < -0.3 is 8.83 Å². The van der Waals surface area contributed by atoms with Gasteiger partial charge in [0.15, 0.2) is 5.16 Å². The van der Waals surface area contributed by atoms with Crippen molar-refractivity contribution in [2.45, 2.75) is 17.5 Å². The lowest BCUT2D eigenvalue weighted by molar-refractivity contribution is 0.476. The normalized spacial score (nSPS) is 11.3. The van der Waals surface area contributed by atoms with E-state index in [1.165, 1.54) is 11.8 Å². The third kappa shape index (κ3) is 4.12. The van der Waals surface area contributed by atoms with Crippen molar-refractivity contribution < 1.29 is 8.83 Å². The van der Waals surface area contributed by atoms with Crippen molar-refractivity contribution in [2.75, 3.05) is 0 Å². The van der Waals surface area contributed by atoms with E-state index in [-0.39, 0.29) is 12.1 Å². The fourth-order valence-electron chi connectivity index (χ4n) is 3.10. The van der Waals surface area contributed by atoms with Crippen molar-refractivity contribution in [2.24, 2.45) is 0 Å². The number of furan rings is 1. The second kappa shape index (κ2) is 8.41. The van der Waals surface area contributed by atoms with Crippen LogP contribution in [0.5, 0.6) is 0 Å². The minimum Gasteiger partial charge on any atom is -0.467 e. The van der Waals surface area contributed by atoms with Crippen LogP contribution < -0.4 is 5.56 Å². The van der Waals surface area contributed by atoms with Gasteiger partial charge in [-0.05, 0) is 48.5 Å². The van der Waals surface area contributed by atoms with E-state index in [9.17, 15) is 4.79 Å². The van der Waals surface area contributed by atoms with Gasteiger partial charge in [0.1, 0.15) is 5.76 Å². The van der Waals surface area contributed by atoms with Gasteiger partial charge in [0.05, 0.1) is 29.5 Å². The number of nitrogens with zero attached hydrogens (tertiary/aromatic N) is 4. The van der Waals surface area contributed by atoms with Crippen LogP contribution in [0.1, 0.15) is 11.7 Å². The van der Waals surface area contributed by atoms with E-state index in [1.54, 1.807) is 35.1 Å². The molecule has 5 rings (SSSR count). The van der Waals surface area contributed by atoms with Crippen LogP contribution in [0, 0.1) is 0 Å². The number of fused-ring (bicyclic) bond motifs is 1. The molecule has 5 aromatic rings. The van der Waals surface area contributed by atoms with Crippen LogP contribution in [0.15, 0.2) is 85.7 Å². The average Bonchev–Trinajstić information content (AvgIpc) is 3.47. The van der Waals surface area contributed by atoms with E-state index in [4.69, 9.17) is 20.4 Å². The quantitative estimate of drug-likeness (QED) is 0.264. The highest BCUT2D eigenvalue weighted by Gasteiger charge is 2.15. The molecule has 31 heavy (non-hydrogen) atoms. The number of hydrogen-bond acceptors (Lipinski definition) is 7. The zero-order chi connectivity index (χ0) is 21.2. The maximum Gasteiger partial charge on any atom is 0.262 e. The second-order valence-corrected chi connectivity index (χ2v) is 8.06. The maximum atomic E-state index is 13.1. The largest absolute Gasteiger partial charge is 0.467 e. The number of para-hydroxylation sites is 1. The summed E-state index contributed by atoms with van der Waals surface area (Å²) < 4.78 is 12.8. The molecule has 0 amide bonds. The molecule has 0 saturated heterocycles. The molecule has 0 aliphatic heterocycles. The molecule has 0 unspecified atom stereocenters. The third-order valence-electron chi connectivity index (χ3n) is 4.60. The summed E-state index contributed by atoms with van der Waals surface area (Å²) in [5.74, 6) is 1.88. The molecule has 0 aliphatic rings. The van der Waals surface area contributed by atoms with Crippen molar-refractivity contribution in [3.8, 4) is 11.5 Å². The zero-order valence-electron chi connectivity index (χ0n) is 16.1. The summed E-state index contributed by atoms with van der Waals surface area (Å²) in [6.45, 7) is 0.284. The van der Waals surface area contributed by atoms with Crippen LogP contribution in [0.4, 0.5) is 0 Å². The molecule has 2 aromatic carbocycles. The van der Waals surface area contributed by atoms with Crippen LogP contribution in [-0.4, -0.2) is 19.7 Å². The molecule has 0 atom stereocenters. The topological polar surface area (TPSA) is 87.0 Å². The Kier molecular flexibility index (Phi) is 5.31. The first-order valence-corrected chi connectivity index (χ1v) is 10.8. The van der Waals surface area contributed by atoms with Gasteiger partial charge in [-0.25, -0.2) is 4.98 Å².